The molecule has 0 aromatic heterocycles. The maximum atomic E-state index is 13.3. The summed E-state index contributed by atoms with van der Waals surface area (Å²) in [6.07, 6.45) is 0.561. The normalized spacial score (nSPS) is 11.8. The Morgan fingerprint density at radius 2 is 1.89 bits per heavy atom. The summed E-state index contributed by atoms with van der Waals surface area (Å²) in [6.45, 7) is 3.97. The molecule has 2 aromatic carbocycles. The minimum absolute atomic E-state index is 0.172. The average Bonchev–Trinajstić information content (AvgIpc) is 2.61. The lowest BCUT2D eigenvalue weighted by Gasteiger charge is -2.16. The summed E-state index contributed by atoms with van der Waals surface area (Å²) in [6, 6.07) is 9.55. The molecule has 1 atom stereocenters. The monoisotopic (exact) mass is 373 g/mol. The standard InChI is InChI=1S/C20H24FN3O3/c1-12(2)9-16(22)20(26)23-15-7-8-18(27-3)17(11-15)24-19(25)13-5-4-6-14(21)10-13/h4-8,10-12,16H,9,22H2,1-3H3,(H,23,26)(H,24,25)/t16-/m0/s1. The molecule has 144 valence electrons. The zero-order chi connectivity index (χ0) is 20.0. The predicted molar refractivity (Wildman–Crippen MR) is 103 cm³/mol. The van der Waals surface area contributed by atoms with Gasteiger partial charge in [0.25, 0.3) is 5.91 Å². The third-order valence-corrected chi connectivity index (χ3v) is 3.86. The molecule has 0 radical (unpaired) electrons. The summed E-state index contributed by atoms with van der Waals surface area (Å²) in [5.41, 5.74) is 6.88. The van der Waals surface area contributed by atoms with Crippen LogP contribution in [0.2, 0.25) is 0 Å². The molecule has 2 aromatic rings. The van der Waals surface area contributed by atoms with Gasteiger partial charge in [0.05, 0.1) is 18.8 Å². The van der Waals surface area contributed by atoms with Crippen LogP contribution in [0.25, 0.3) is 0 Å². The highest BCUT2D eigenvalue weighted by Crippen LogP contribution is 2.28. The molecule has 27 heavy (non-hydrogen) atoms. The van der Waals surface area contributed by atoms with Crippen LogP contribution in [-0.4, -0.2) is 25.0 Å². The molecule has 0 aliphatic carbocycles. The Balaban J connectivity index is 2.17. The summed E-state index contributed by atoms with van der Waals surface area (Å²) >= 11 is 0. The van der Waals surface area contributed by atoms with Gasteiger partial charge in [-0.3, -0.25) is 9.59 Å². The van der Waals surface area contributed by atoms with Crippen LogP contribution < -0.4 is 21.1 Å². The highest BCUT2D eigenvalue weighted by Gasteiger charge is 2.16. The number of nitrogens with two attached hydrogens (primary N) is 1. The van der Waals surface area contributed by atoms with Crippen molar-refractivity contribution in [3.63, 3.8) is 0 Å². The summed E-state index contributed by atoms with van der Waals surface area (Å²) in [4.78, 5) is 24.6. The number of carbonyl (C=O) groups excluding carboxylic acids is 2. The minimum Gasteiger partial charge on any atom is -0.495 e. The van der Waals surface area contributed by atoms with Gasteiger partial charge >= 0.3 is 0 Å². The van der Waals surface area contributed by atoms with Gasteiger partial charge in [-0.25, -0.2) is 4.39 Å². The molecule has 2 rings (SSSR count). The molecule has 0 fully saturated rings. The number of rotatable bonds is 7. The molecule has 0 aliphatic rings. The van der Waals surface area contributed by atoms with E-state index in [9.17, 15) is 14.0 Å². The highest BCUT2D eigenvalue weighted by molar-refractivity contribution is 6.05. The van der Waals surface area contributed by atoms with Crippen LogP contribution in [0.15, 0.2) is 42.5 Å². The Morgan fingerprint density at radius 1 is 1.15 bits per heavy atom. The van der Waals surface area contributed by atoms with Gasteiger partial charge in [-0.1, -0.05) is 19.9 Å². The first-order chi connectivity index (χ1) is 12.8. The zero-order valence-corrected chi connectivity index (χ0v) is 15.6. The van der Waals surface area contributed by atoms with Crippen molar-refractivity contribution >= 4 is 23.2 Å². The number of ether oxygens (including phenoxy) is 1. The smallest absolute Gasteiger partial charge is 0.255 e. The highest BCUT2D eigenvalue weighted by atomic mass is 19.1. The molecule has 2 amide bonds. The van der Waals surface area contributed by atoms with Gasteiger partial charge < -0.3 is 21.1 Å². The van der Waals surface area contributed by atoms with E-state index in [0.717, 1.165) is 6.07 Å². The summed E-state index contributed by atoms with van der Waals surface area (Å²) in [5, 5.41) is 5.40. The Labute approximate surface area is 157 Å². The number of benzene rings is 2. The van der Waals surface area contributed by atoms with E-state index in [1.54, 1.807) is 18.2 Å². The first kappa shape index (κ1) is 20.4. The second-order valence-corrected chi connectivity index (χ2v) is 6.60. The van der Waals surface area contributed by atoms with Gasteiger partial charge in [0.15, 0.2) is 0 Å². The third-order valence-electron chi connectivity index (χ3n) is 3.86. The lowest BCUT2D eigenvalue weighted by atomic mass is 10.0. The molecule has 0 unspecified atom stereocenters. The van der Waals surface area contributed by atoms with Crippen molar-refractivity contribution in [2.75, 3.05) is 17.7 Å². The Bertz CT molecular complexity index is 824. The summed E-state index contributed by atoms with van der Waals surface area (Å²) < 4.78 is 18.6. The molecule has 0 spiro atoms. The van der Waals surface area contributed by atoms with Crippen LogP contribution in [-0.2, 0) is 4.79 Å². The number of hydrogen-bond donors (Lipinski definition) is 3. The minimum atomic E-state index is -0.627. The van der Waals surface area contributed by atoms with Crippen molar-refractivity contribution in [2.24, 2.45) is 11.7 Å². The fourth-order valence-electron chi connectivity index (χ4n) is 2.56. The molecular formula is C20H24FN3O3. The molecule has 0 heterocycles. The maximum Gasteiger partial charge on any atom is 0.255 e. The first-order valence-electron chi connectivity index (χ1n) is 8.61. The van der Waals surface area contributed by atoms with Crippen LogP contribution in [0.5, 0.6) is 5.75 Å². The van der Waals surface area contributed by atoms with Crippen LogP contribution in [0.4, 0.5) is 15.8 Å². The number of halogens is 1. The second kappa shape index (κ2) is 9.14. The fraction of sp³-hybridized carbons (Fsp3) is 0.300. The summed E-state index contributed by atoms with van der Waals surface area (Å²) in [5.74, 6) is -0.606. The van der Waals surface area contributed by atoms with E-state index in [-0.39, 0.29) is 11.5 Å². The predicted octanol–water partition coefficient (Wildman–Crippen LogP) is 3.40. The molecule has 0 aliphatic heterocycles. The van der Waals surface area contributed by atoms with E-state index in [2.05, 4.69) is 10.6 Å². The molecular weight excluding hydrogens is 349 g/mol. The average molecular weight is 373 g/mol. The molecule has 7 heteroatoms. The Kier molecular flexibility index (Phi) is 6.90. The zero-order valence-electron chi connectivity index (χ0n) is 15.6. The SMILES string of the molecule is COc1ccc(NC(=O)[C@@H](N)CC(C)C)cc1NC(=O)c1cccc(F)c1. The molecule has 0 saturated heterocycles. The number of anilines is 2. The number of carbonyl (C=O) groups is 2. The van der Waals surface area contributed by atoms with E-state index in [1.807, 2.05) is 13.8 Å². The van der Waals surface area contributed by atoms with Crippen molar-refractivity contribution in [1.82, 2.24) is 0 Å². The lowest BCUT2D eigenvalue weighted by Crippen LogP contribution is -2.36. The van der Waals surface area contributed by atoms with E-state index in [0.29, 0.717) is 29.5 Å². The topological polar surface area (TPSA) is 93.4 Å². The van der Waals surface area contributed by atoms with Gasteiger partial charge in [-0.15, -0.1) is 0 Å². The molecule has 6 nitrogen and oxygen atoms in total. The van der Waals surface area contributed by atoms with Crippen molar-refractivity contribution < 1.29 is 18.7 Å². The Hall–Kier alpha value is -2.93. The van der Waals surface area contributed by atoms with Crippen molar-refractivity contribution in [1.29, 1.82) is 0 Å². The second-order valence-electron chi connectivity index (χ2n) is 6.60. The lowest BCUT2D eigenvalue weighted by molar-refractivity contribution is -0.117. The van der Waals surface area contributed by atoms with Crippen LogP contribution in [0.1, 0.15) is 30.6 Å². The van der Waals surface area contributed by atoms with Gasteiger partial charge in [-0.05, 0) is 48.7 Å². The molecule has 0 saturated carbocycles. The van der Waals surface area contributed by atoms with Crippen molar-refractivity contribution in [2.45, 2.75) is 26.3 Å². The molecule has 0 bridgehead atoms. The third kappa shape index (κ3) is 5.79. The van der Waals surface area contributed by atoms with Crippen molar-refractivity contribution in [3.05, 3.63) is 53.8 Å². The van der Waals surface area contributed by atoms with E-state index >= 15 is 0 Å². The Morgan fingerprint density at radius 3 is 2.52 bits per heavy atom. The van der Waals surface area contributed by atoms with Gasteiger partial charge in [0.1, 0.15) is 11.6 Å². The van der Waals surface area contributed by atoms with Crippen molar-refractivity contribution in [3.8, 4) is 5.75 Å². The van der Waals surface area contributed by atoms with E-state index < -0.39 is 17.8 Å². The van der Waals surface area contributed by atoms with E-state index in [4.69, 9.17) is 10.5 Å². The van der Waals surface area contributed by atoms with Gasteiger partial charge in [0.2, 0.25) is 5.91 Å². The largest absolute Gasteiger partial charge is 0.495 e. The van der Waals surface area contributed by atoms with Gasteiger partial charge in [-0.2, -0.15) is 0 Å². The first-order valence-corrected chi connectivity index (χ1v) is 8.61. The van der Waals surface area contributed by atoms with Crippen LogP contribution in [0.3, 0.4) is 0 Å². The van der Waals surface area contributed by atoms with E-state index in [1.165, 1.54) is 25.3 Å². The van der Waals surface area contributed by atoms with Gasteiger partial charge in [0, 0.05) is 11.3 Å². The number of nitrogens with one attached hydrogen (secondary N) is 2. The number of methoxy groups -OCH3 is 1. The number of amides is 2. The summed E-state index contributed by atoms with van der Waals surface area (Å²) in [7, 11) is 1.46. The quantitative estimate of drug-likeness (QED) is 0.693. The number of hydrogen-bond acceptors (Lipinski definition) is 4. The fourth-order valence-corrected chi connectivity index (χ4v) is 2.56. The van der Waals surface area contributed by atoms with Crippen LogP contribution in [0, 0.1) is 11.7 Å². The maximum absolute atomic E-state index is 13.3. The van der Waals surface area contributed by atoms with Crippen LogP contribution >= 0.6 is 0 Å². The molecule has 4 N–H and O–H groups in total.